The van der Waals surface area contributed by atoms with Gasteiger partial charge in [-0.15, -0.1) is 0 Å². The van der Waals surface area contributed by atoms with E-state index in [9.17, 15) is 0 Å². The highest BCUT2D eigenvalue weighted by Gasteiger charge is 2.19. The van der Waals surface area contributed by atoms with Gasteiger partial charge in [0.1, 0.15) is 0 Å². The lowest BCUT2D eigenvalue weighted by Crippen LogP contribution is -2.45. The first-order valence-corrected chi connectivity index (χ1v) is 12.1. The number of rotatable bonds is 6. The van der Waals surface area contributed by atoms with E-state index in [4.69, 9.17) is 19.4 Å². The molecular formula is C28H33N5O2. The van der Waals surface area contributed by atoms with Gasteiger partial charge in [0.05, 0.1) is 19.9 Å². The molecule has 0 aliphatic carbocycles. The molecule has 0 saturated carbocycles. The second-order valence-electron chi connectivity index (χ2n) is 9.46. The molecule has 2 aromatic carbocycles. The predicted octanol–water partition coefficient (Wildman–Crippen LogP) is 5.18. The van der Waals surface area contributed by atoms with Crippen molar-refractivity contribution in [2.45, 2.75) is 19.8 Å². The standard InChI is InChI=1S/C28H33N5O2/c1-18(2)26-22-14-19(21-16-29-28(30-17-21)33-12-10-32(3)11-13-33)6-8-23(22)31-27(26)20-7-9-24(34-4)25(15-20)35-5/h6-9,14-18,31H,10-13H2,1-5H3. The Balaban J connectivity index is 1.51. The molecule has 1 N–H and O–H groups in total. The number of benzene rings is 2. The molecule has 1 fully saturated rings. The molecule has 0 unspecified atom stereocenters. The van der Waals surface area contributed by atoms with Crippen LogP contribution in [-0.2, 0) is 0 Å². The molecule has 1 aliphatic heterocycles. The zero-order chi connectivity index (χ0) is 24.5. The summed E-state index contributed by atoms with van der Waals surface area (Å²) in [5.74, 6) is 2.58. The van der Waals surface area contributed by atoms with E-state index in [1.807, 2.05) is 24.5 Å². The van der Waals surface area contributed by atoms with Crippen molar-refractivity contribution in [3.8, 4) is 33.9 Å². The Morgan fingerprint density at radius 1 is 0.829 bits per heavy atom. The molecule has 0 amide bonds. The lowest BCUT2D eigenvalue weighted by Gasteiger charge is -2.32. The van der Waals surface area contributed by atoms with E-state index in [0.29, 0.717) is 5.92 Å². The molecule has 1 saturated heterocycles. The van der Waals surface area contributed by atoms with Gasteiger partial charge in [-0.2, -0.15) is 0 Å². The molecule has 1 aliphatic rings. The molecule has 4 aromatic rings. The maximum atomic E-state index is 5.55. The number of nitrogens with zero attached hydrogens (tertiary/aromatic N) is 4. The van der Waals surface area contributed by atoms with Crippen molar-refractivity contribution in [1.29, 1.82) is 0 Å². The van der Waals surface area contributed by atoms with Crippen LogP contribution < -0.4 is 14.4 Å². The molecule has 7 nitrogen and oxygen atoms in total. The van der Waals surface area contributed by atoms with Crippen LogP contribution in [0.5, 0.6) is 11.5 Å². The number of hydrogen-bond donors (Lipinski definition) is 1. The Hall–Kier alpha value is -3.58. The van der Waals surface area contributed by atoms with Crippen LogP contribution in [0.2, 0.25) is 0 Å². The summed E-state index contributed by atoms with van der Waals surface area (Å²) in [5.41, 5.74) is 6.70. The van der Waals surface area contributed by atoms with Gasteiger partial charge < -0.3 is 24.3 Å². The molecular weight excluding hydrogens is 438 g/mol. The first-order chi connectivity index (χ1) is 17.0. The Morgan fingerprint density at radius 3 is 2.17 bits per heavy atom. The molecule has 2 aromatic heterocycles. The fraction of sp³-hybridized carbons (Fsp3) is 0.357. The quantitative estimate of drug-likeness (QED) is 0.418. The van der Waals surface area contributed by atoms with Gasteiger partial charge in [0.25, 0.3) is 0 Å². The minimum Gasteiger partial charge on any atom is -0.493 e. The molecule has 3 heterocycles. The van der Waals surface area contributed by atoms with Gasteiger partial charge in [0.2, 0.25) is 5.95 Å². The SMILES string of the molecule is COc1ccc(-c2[nH]c3ccc(-c4cnc(N5CCN(C)CC5)nc4)cc3c2C(C)C)cc1OC. The molecule has 5 rings (SSSR count). The Labute approximate surface area is 206 Å². The van der Waals surface area contributed by atoms with Crippen LogP contribution in [0.15, 0.2) is 48.8 Å². The van der Waals surface area contributed by atoms with Gasteiger partial charge in [-0.05, 0) is 54.4 Å². The van der Waals surface area contributed by atoms with Crippen molar-refractivity contribution in [3.05, 3.63) is 54.4 Å². The van der Waals surface area contributed by atoms with E-state index in [1.54, 1.807) is 14.2 Å². The van der Waals surface area contributed by atoms with Crippen molar-refractivity contribution >= 4 is 16.9 Å². The van der Waals surface area contributed by atoms with Gasteiger partial charge in [0, 0.05) is 60.6 Å². The lowest BCUT2D eigenvalue weighted by molar-refractivity contribution is 0.311. The Bertz CT molecular complexity index is 1320. The number of nitrogens with one attached hydrogen (secondary N) is 1. The number of fused-ring (bicyclic) bond motifs is 1. The second-order valence-corrected chi connectivity index (χ2v) is 9.46. The molecule has 0 bridgehead atoms. The van der Waals surface area contributed by atoms with Gasteiger partial charge >= 0.3 is 0 Å². The van der Waals surface area contributed by atoms with Gasteiger partial charge in [-0.1, -0.05) is 19.9 Å². The van der Waals surface area contributed by atoms with Crippen LogP contribution in [0.3, 0.4) is 0 Å². The lowest BCUT2D eigenvalue weighted by atomic mass is 9.94. The van der Waals surface area contributed by atoms with Crippen LogP contribution >= 0.6 is 0 Å². The van der Waals surface area contributed by atoms with E-state index < -0.39 is 0 Å². The number of anilines is 1. The molecule has 182 valence electrons. The fourth-order valence-corrected chi connectivity index (χ4v) is 4.85. The summed E-state index contributed by atoms with van der Waals surface area (Å²) in [6.07, 6.45) is 3.89. The van der Waals surface area contributed by atoms with E-state index in [2.05, 4.69) is 59.9 Å². The second kappa shape index (κ2) is 9.58. The number of piperazine rings is 1. The minimum absolute atomic E-state index is 0.331. The number of likely N-dealkylation sites (N-methyl/N-ethyl adjacent to an activating group) is 1. The van der Waals surface area contributed by atoms with Crippen molar-refractivity contribution in [1.82, 2.24) is 19.9 Å². The highest BCUT2D eigenvalue weighted by molar-refractivity contribution is 5.94. The Kier molecular flexibility index (Phi) is 6.34. The number of aromatic nitrogens is 3. The monoisotopic (exact) mass is 471 g/mol. The highest BCUT2D eigenvalue weighted by atomic mass is 16.5. The maximum absolute atomic E-state index is 5.55. The van der Waals surface area contributed by atoms with Crippen LogP contribution in [-0.4, -0.2) is 67.3 Å². The zero-order valence-electron chi connectivity index (χ0n) is 21.1. The molecule has 0 spiro atoms. The van der Waals surface area contributed by atoms with Crippen molar-refractivity contribution in [3.63, 3.8) is 0 Å². The predicted molar refractivity (Wildman–Crippen MR) is 142 cm³/mol. The number of hydrogen-bond acceptors (Lipinski definition) is 6. The maximum Gasteiger partial charge on any atom is 0.225 e. The highest BCUT2D eigenvalue weighted by Crippen LogP contribution is 2.40. The van der Waals surface area contributed by atoms with Crippen molar-refractivity contribution in [2.75, 3.05) is 52.3 Å². The normalized spacial score (nSPS) is 14.6. The summed E-state index contributed by atoms with van der Waals surface area (Å²) >= 11 is 0. The smallest absolute Gasteiger partial charge is 0.225 e. The van der Waals surface area contributed by atoms with E-state index >= 15 is 0 Å². The van der Waals surface area contributed by atoms with Crippen LogP contribution in [0.1, 0.15) is 25.3 Å². The summed E-state index contributed by atoms with van der Waals surface area (Å²) in [7, 11) is 5.48. The van der Waals surface area contributed by atoms with Crippen molar-refractivity contribution < 1.29 is 9.47 Å². The summed E-state index contributed by atoms with van der Waals surface area (Å²) in [6, 6.07) is 12.6. The van der Waals surface area contributed by atoms with E-state index in [1.165, 1.54) is 10.9 Å². The minimum atomic E-state index is 0.331. The van der Waals surface area contributed by atoms with Gasteiger partial charge in [-0.3, -0.25) is 0 Å². The summed E-state index contributed by atoms with van der Waals surface area (Å²) in [5, 5.41) is 1.21. The fourth-order valence-electron chi connectivity index (χ4n) is 4.85. The number of H-pyrrole nitrogens is 1. The largest absolute Gasteiger partial charge is 0.493 e. The summed E-state index contributed by atoms with van der Waals surface area (Å²) < 4.78 is 11.0. The first-order valence-electron chi connectivity index (χ1n) is 12.1. The third-order valence-corrected chi connectivity index (χ3v) is 6.85. The van der Waals surface area contributed by atoms with Crippen LogP contribution in [0.25, 0.3) is 33.3 Å². The van der Waals surface area contributed by atoms with Crippen molar-refractivity contribution in [2.24, 2.45) is 0 Å². The third-order valence-electron chi connectivity index (χ3n) is 6.85. The number of ether oxygens (including phenoxy) is 2. The molecule has 0 radical (unpaired) electrons. The number of aromatic amines is 1. The summed E-state index contributed by atoms with van der Waals surface area (Å²) in [4.78, 5) is 17.6. The average Bonchev–Trinajstić information content (AvgIpc) is 3.28. The first kappa shape index (κ1) is 23.2. The number of methoxy groups -OCH3 is 2. The molecule has 0 atom stereocenters. The van der Waals surface area contributed by atoms with Gasteiger partial charge in [0.15, 0.2) is 11.5 Å². The van der Waals surface area contributed by atoms with E-state index in [0.717, 1.165) is 71.5 Å². The van der Waals surface area contributed by atoms with Crippen LogP contribution in [0, 0.1) is 0 Å². The third kappa shape index (κ3) is 4.44. The average molecular weight is 472 g/mol. The van der Waals surface area contributed by atoms with Gasteiger partial charge in [-0.25, -0.2) is 9.97 Å². The topological polar surface area (TPSA) is 66.5 Å². The zero-order valence-corrected chi connectivity index (χ0v) is 21.1. The molecule has 7 heteroatoms. The van der Waals surface area contributed by atoms with E-state index in [-0.39, 0.29) is 0 Å². The van der Waals surface area contributed by atoms with Crippen LogP contribution in [0.4, 0.5) is 5.95 Å². The molecule has 35 heavy (non-hydrogen) atoms. The summed E-state index contributed by atoms with van der Waals surface area (Å²) in [6.45, 7) is 8.45. The Morgan fingerprint density at radius 2 is 1.51 bits per heavy atom.